The maximum atomic E-state index is 13.2. The summed E-state index contributed by atoms with van der Waals surface area (Å²) in [6, 6.07) is 9.91. The van der Waals surface area contributed by atoms with Crippen LogP contribution in [0.2, 0.25) is 0 Å². The van der Waals surface area contributed by atoms with E-state index in [0.717, 1.165) is 65.3 Å². The lowest BCUT2D eigenvalue weighted by Gasteiger charge is -2.32. The highest BCUT2D eigenvalue weighted by molar-refractivity contribution is 6.08. The standard InChI is InChI=1S/C28H34N2O5.ClH/c1-18-22(13-19-14-25(33-4)28(35-6)26(15-19)34-5)21-8-7-20(32-3)16-24(21)23(18)17-27(31)30-11-9-29(2)10-12-30;/h7-8,13-16H,9-12,17H2,1-6H3;1H/b22-13-;. The molecule has 1 fully saturated rings. The summed E-state index contributed by atoms with van der Waals surface area (Å²) < 4.78 is 22.1. The highest BCUT2D eigenvalue weighted by Crippen LogP contribution is 2.46. The van der Waals surface area contributed by atoms with Crippen molar-refractivity contribution in [2.75, 3.05) is 61.7 Å². The van der Waals surface area contributed by atoms with E-state index in [1.807, 2.05) is 29.2 Å². The molecule has 8 heteroatoms. The molecule has 0 aromatic heterocycles. The zero-order valence-electron chi connectivity index (χ0n) is 21.8. The van der Waals surface area contributed by atoms with E-state index in [0.29, 0.717) is 23.7 Å². The van der Waals surface area contributed by atoms with Crippen LogP contribution in [0.15, 0.2) is 35.9 Å². The van der Waals surface area contributed by atoms with Crippen molar-refractivity contribution in [2.24, 2.45) is 0 Å². The van der Waals surface area contributed by atoms with E-state index in [1.54, 1.807) is 28.4 Å². The van der Waals surface area contributed by atoms with Crippen LogP contribution in [-0.2, 0) is 4.79 Å². The van der Waals surface area contributed by atoms with Crippen LogP contribution in [0.3, 0.4) is 0 Å². The second-order valence-corrected chi connectivity index (χ2v) is 8.89. The molecule has 1 amide bonds. The van der Waals surface area contributed by atoms with Gasteiger partial charge in [-0.2, -0.15) is 0 Å². The van der Waals surface area contributed by atoms with Gasteiger partial charge >= 0.3 is 0 Å². The molecule has 1 heterocycles. The fourth-order valence-electron chi connectivity index (χ4n) is 4.79. The number of ether oxygens (including phenoxy) is 4. The normalized spacial score (nSPS) is 16.5. The minimum atomic E-state index is 0. The van der Waals surface area contributed by atoms with Gasteiger partial charge in [0.25, 0.3) is 0 Å². The van der Waals surface area contributed by atoms with Gasteiger partial charge in [-0.1, -0.05) is 6.07 Å². The number of benzene rings is 2. The Hall–Kier alpha value is -3.16. The van der Waals surface area contributed by atoms with Crippen molar-refractivity contribution in [2.45, 2.75) is 13.3 Å². The van der Waals surface area contributed by atoms with Gasteiger partial charge in [0.2, 0.25) is 11.7 Å². The third-order valence-electron chi connectivity index (χ3n) is 6.88. The molecule has 194 valence electrons. The summed E-state index contributed by atoms with van der Waals surface area (Å²) in [7, 11) is 8.57. The first-order chi connectivity index (χ1) is 16.9. The first-order valence-corrected chi connectivity index (χ1v) is 11.8. The van der Waals surface area contributed by atoms with E-state index < -0.39 is 0 Å². The van der Waals surface area contributed by atoms with Gasteiger partial charge in [-0.15, -0.1) is 12.4 Å². The van der Waals surface area contributed by atoms with Crippen LogP contribution in [-0.4, -0.2) is 77.4 Å². The molecular weight excluding hydrogens is 480 g/mol. The van der Waals surface area contributed by atoms with Gasteiger partial charge < -0.3 is 28.7 Å². The molecule has 7 nitrogen and oxygen atoms in total. The Labute approximate surface area is 219 Å². The molecule has 2 aliphatic rings. The number of piperazine rings is 1. The smallest absolute Gasteiger partial charge is 0.227 e. The topological polar surface area (TPSA) is 60.5 Å². The van der Waals surface area contributed by atoms with Crippen LogP contribution in [0.5, 0.6) is 23.0 Å². The first kappa shape index (κ1) is 27.4. The fourth-order valence-corrected chi connectivity index (χ4v) is 4.79. The summed E-state index contributed by atoms with van der Waals surface area (Å²) in [6.45, 7) is 5.42. The molecule has 0 N–H and O–H groups in total. The molecule has 0 saturated carbocycles. The number of fused-ring (bicyclic) bond motifs is 1. The molecule has 1 saturated heterocycles. The van der Waals surface area contributed by atoms with Crippen LogP contribution < -0.4 is 18.9 Å². The summed E-state index contributed by atoms with van der Waals surface area (Å²) in [5, 5.41) is 0. The van der Waals surface area contributed by atoms with Gasteiger partial charge in [0.1, 0.15) is 5.75 Å². The Morgan fingerprint density at radius 3 is 2.08 bits per heavy atom. The SMILES string of the molecule is COc1ccc2c(c1)C(CC(=O)N1CCN(C)CC1)=C(C)/C2=C/c1cc(OC)c(OC)c(OC)c1.Cl. The average molecular weight is 515 g/mol. The number of amides is 1. The molecule has 0 spiro atoms. The summed E-state index contributed by atoms with van der Waals surface area (Å²) >= 11 is 0. The van der Waals surface area contributed by atoms with Crippen molar-refractivity contribution in [3.8, 4) is 23.0 Å². The number of carbonyl (C=O) groups is 1. The minimum absolute atomic E-state index is 0. The van der Waals surface area contributed by atoms with Crippen molar-refractivity contribution >= 4 is 35.5 Å². The molecule has 1 aliphatic heterocycles. The molecule has 0 unspecified atom stereocenters. The van der Waals surface area contributed by atoms with E-state index in [-0.39, 0.29) is 18.3 Å². The van der Waals surface area contributed by atoms with Crippen LogP contribution in [0.25, 0.3) is 17.2 Å². The number of methoxy groups -OCH3 is 4. The van der Waals surface area contributed by atoms with Crippen molar-refractivity contribution in [1.29, 1.82) is 0 Å². The molecule has 0 bridgehead atoms. The van der Waals surface area contributed by atoms with Gasteiger partial charge in [-0.25, -0.2) is 0 Å². The molecular formula is C28H35ClN2O5. The number of hydrogen-bond donors (Lipinski definition) is 0. The Bertz CT molecular complexity index is 1160. The number of hydrogen-bond acceptors (Lipinski definition) is 6. The summed E-state index contributed by atoms with van der Waals surface area (Å²) in [5.41, 5.74) is 6.24. The predicted molar refractivity (Wildman–Crippen MR) is 145 cm³/mol. The van der Waals surface area contributed by atoms with Crippen LogP contribution in [0.4, 0.5) is 0 Å². The lowest BCUT2D eigenvalue weighted by Crippen LogP contribution is -2.47. The Morgan fingerprint density at radius 1 is 0.889 bits per heavy atom. The maximum absolute atomic E-state index is 13.2. The average Bonchev–Trinajstić information content (AvgIpc) is 3.13. The quantitative estimate of drug-likeness (QED) is 0.536. The molecule has 36 heavy (non-hydrogen) atoms. The number of nitrogens with zero attached hydrogens (tertiary/aromatic N) is 2. The lowest BCUT2D eigenvalue weighted by atomic mass is 10.00. The van der Waals surface area contributed by atoms with E-state index in [4.69, 9.17) is 18.9 Å². The molecule has 0 radical (unpaired) electrons. The van der Waals surface area contributed by atoms with E-state index in [2.05, 4.69) is 31.0 Å². The third kappa shape index (κ3) is 5.32. The van der Waals surface area contributed by atoms with Crippen LogP contribution in [0, 0.1) is 0 Å². The molecule has 0 atom stereocenters. The largest absolute Gasteiger partial charge is 0.497 e. The first-order valence-electron chi connectivity index (χ1n) is 11.8. The summed E-state index contributed by atoms with van der Waals surface area (Å²) in [6.07, 6.45) is 2.47. The minimum Gasteiger partial charge on any atom is -0.497 e. The van der Waals surface area contributed by atoms with Gasteiger partial charge in [-0.3, -0.25) is 4.79 Å². The van der Waals surface area contributed by atoms with E-state index >= 15 is 0 Å². The Kier molecular flexibility index (Phi) is 8.93. The number of likely N-dealkylation sites (N-methyl/N-ethyl adjacent to an activating group) is 1. The Morgan fingerprint density at radius 2 is 1.53 bits per heavy atom. The van der Waals surface area contributed by atoms with Crippen LogP contribution in [0.1, 0.15) is 30.0 Å². The zero-order chi connectivity index (χ0) is 25.1. The van der Waals surface area contributed by atoms with Crippen molar-refractivity contribution < 1.29 is 23.7 Å². The van der Waals surface area contributed by atoms with Gasteiger partial charge in [-0.05, 0) is 77.7 Å². The van der Waals surface area contributed by atoms with Crippen molar-refractivity contribution in [3.05, 3.63) is 52.6 Å². The number of rotatable bonds is 7. The Balaban J connectivity index is 0.00000361. The number of carbonyl (C=O) groups excluding carboxylic acids is 1. The molecule has 4 rings (SSSR count). The summed E-state index contributed by atoms with van der Waals surface area (Å²) in [5.74, 6) is 2.68. The van der Waals surface area contributed by atoms with E-state index in [1.165, 1.54) is 0 Å². The zero-order valence-corrected chi connectivity index (χ0v) is 22.7. The highest BCUT2D eigenvalue weighted by atomic mass is 35.5. The molecule has 2 aromatic carbocycles. The maximum Gasteiger partial charge on any atom is 0.227 e. The molecule has 2 aromatic rings. The highest BCUT2D eigenvalue weighted by Gasteiger charge is 2.28. The number of allylic oxidation sites excluding steroid dienone is 2. The second-order valence-electron chi connectivity index (χ2n) is 8.89. The lowest BCUT2D eigenvalue weighted by molar-refractivity contribution is -0.131. The van der Waals surface area contributed by atoms with Crippen molar-refractivity contribution in [3.63, 3.8) is 0 Å². The van der Waals surface area contributed by atoms with E-state index in [9.17, 15) is 4.79 Å². The monoisotopic (exact) mass is 514 g/mol. The van der Waals surface area contributed by atoms with Gasteiger partial charge in [0.05, 0.1) is 34.9 Å². The molecule has 1 aliphatic carbocycles. The summed E-state index contributed by atoms with van der Waals surface area (Å²) in [4.78, 5) is 17.5. The fraction of sp³-hybridized carbons (Fsp3) is 0.393. The van der Waals surface area contributed by atoms with Gasteiger partial charge in [0.15, 0.2) is 11.5 Å². The second kappa shape index (κ2) is 11.7. The predicted octanol–water partition coefficient (Wildman–Crippen LogP) is 4.63. The van der Waals surface area contributed by atoms with Crippen molar-refractivity contribution in [1.82, 2.24) is 9.80 Å². The van der Waals surface area contributed by atoms with Gasteiger partial charge in [0, 0.05) is 26.2 Å². The van der Waals surface area contributed by atoms with Crippen LogP contribution >= 0.6 is 12.4 Å². The third-order valence-corrected chi connectivity index (χ3v) is 6.88. The number of halogens is 1.